The van der Waals surface area contributed by atoms with E-state index in [0.29, 0.717) is 5.69 Å². The normalized spacial score (nSPS) is 12.9. The van der Waals surface area contributed by atoms with Crippen LogP contribution in [0.5, 0.6) is 0 Å². The van der Waals surface area contributed by atoms with Gasteiger partial charge in [-0.15, -0.1) is 0 Å². The van der Waals surface area contributed by atoms with Gasteiger partial charge in [0.2, 0.25) is 5.78 Å². The standard InChI is InChI=1S/C20H22F3NO2/c1-12(2)14-7-5-8-15(13(3)4)19(14)24-18(20(21,22)23)11-16(25)17-9-6-10-26-17/h5-10,12-13H,11H2,1-4H3/b24-18+. The Morgan fingerprint density at radius 3 is 2.04 bits per heavy atom. The molecule has 0 bridgehead atoms. The summed E-state index contributed by atoms with van der Waals surface area (Å²) in [6, 6.07) is 8.18. The molecule has 0 saturated heterocycles. The molecule has 0 N–H and O–H groups in total. The molecule has 3 nitrogen and oxygen atoms in total. The van der Waals surface area contributed by atoms with Crippen LogP contribution in [0.1, 0.15) is 67.6 Å². The number of benzene rings is 1. The minimum absolute atomic E-state index is 0.00251. The molecule has 0 saturated carbocycles. The number of carbonyl (C=O) groups excluding carboxylic acids is 1. The van der Waals surface area contributed by atoms with Gasteiger partial charge in [0.1, 0.15) is 5.71 Å². The van der Waals surface area contributed by atoms with E-state index in [9.17, 15) is 18.0 Å². The van der Waals surface area contributed by atoms with Crippen molar-refractivity contribution in [1.82, 2.24) is 0 Å². The average Bonchev–Trinajstić information content (AvgIpc) is 3.07. The van der Waals surface area contributed by atoms with Crippen LogP contribution >= 0.6 is 0 Å². The van der Waals surface area contributed by atoms with Crippen molar-refractivity contribution in [2.45, 2.75) is 52.1 Å². The zero-order valence-electron chi connectivity index (χ0n) is 15.2. The highest BCUT2D eigenvalue weighted by molar-refractivity contribution is 6.11. The molecule has 0 radical (unpaired) electrons. The van der Waals surface area contributed by atoms with Crippen molar-refractivity contribution >= 4 is 17.2 Å². The maximum Gasteiger partial charge on any atom is 0.429 e. The predicted octanol–water partition coefficient (Wildman–Crippen LogP) is 6.43. The second-order valence-electron chi connectivity index (χ2n) is 6.73. The van der Waals surface area contributed by atoms with Crippen LogP contribution in [0.15, 0.2) is 46.0 Å². The number of aliphatic imine (C=N–C) groups is 1. The Balaban J connectivity index is 2.55. The number of Topliss-reactive ketones (excluding diaryl/α,β-unsaturated/α-hetero) is 1. The lowest BCUT2D eigenvalue weighted by Crippen LogP contribution is -2.26. The molecule has 0 fully saturated rings. The van der Waals surface area contributed by atoms with Crippen LogP contribution in [0.3, 0.4) is 0 Å². The molecule has 1 aromatic carbocycles. The smallest absolute Gasteiger partial charge is 0.429 e. The summed E-state index contributed by atoms with van der Waals surface area (Å²) in [4.78, 5) is 16.1. The Morgan fingerprint density at radius 2 is 1.62 bits per heavy atom. The van der Waals surface area contributed by atoms with Gasteiger partial charge in [0, 0.05) is 0 Å². The van der Waals surface area contributed by atoms with Gasteiger partial charge in [0.15, 0.2) is 5.76 Å². The van der Waals surface area contributed by atoms with Gasteiger partial charge in [-0.25, -0.2) is 4.99 Å². The molecule has 0 unspecified atom stereocenters. The van der Waals surface area contributed by atoms with Gasteiger partial charge in [0.05, 0.1) is 18.4 Å². The molecule has 0 spiro atoms. The van der Waals surface area contributed by atoms with E-state index in [0.717, 1.165) is 11.1 Å². The molecule has 26 heavy (non-hydrogen) atoms. The van der Waals surface area contributed by atoms with Crippen LogP contribution in [0.4, 0.5) is 18.9 Å². The molecule has 0 atom stereocenters. The first-order valence-electron chi connectivity index (χ1n) is 8.45. The Labute approximate surface area is 150 Å². The van der Waals surface area contributed by atoms with Crippen LogP contribution < -0.4 is 0 Å². The van der Waals surface area contributed by atoms with Gasteiger partial charge in [-0.1, -0.05) is 45.9 Å². The van der Waals surface area contributed by atoms with Gasteiger partial charge in [-0.2, -0.15) is 13.2 Å². The lowest BCUT2D eigenvalue weighted by atomic mass is 9.92. The van der Waals surface area contributed by atoms with Crippen molar-refractivity contribution in [3.8, 4) is 0 Å². The number of ketones is 1. The maximum atomic E-state index is 13.6. The summed E-state index contributed by atoms with van der Waals surface area (Å²) in [5, 5.41) is 0. The van der Waals surface area contributed by atoms with Crippen LogP contribution in [-0.2, 0) is 0 Å². The highest BCUT2D eigenvalue weighted by Crippen LogP contribution is 2.36. The van der Waals surface area contributed by atoms with Gasteiger partial charge in [-0.3, -0.25) is 4.79 Å². The number of halogens is 3. The van der Waals surface area contributed by atoms with Gasteiger partial charge in [0.25, 0.3) is 0 Å². The number of alkyl halides is 3. The number of nitrogens with zero attached hydrogens (tertiary/aromatic N) is 1. The Morgan fingerprint density at radius 1 is 1.04 bits per heavy atom. The van der Waals surface area contributed by atoms with Crippen molar-refractivity contribution in [2.75, 3.05) is 0 Å². The van der Waals surface area contributed by atoms with Crippen molar-refractivity contribution in [1.29, 1.82) is 0 Å². The first-order chi connectivity index (χ1) is 12.1. The summed E-state index contributed by atoms with van der Waals surface area (Å²) < 4.78 is 45.6. The number of hydrogen-bond acceptors (Lipinski definition) is 3. The Bertz CT molecular complexity index is 762. The van der Waals surface area contributed by atoms with Crippen LogP contribution in [-0.4, -0.2) is 17.7 Å². The van der Waals surface area contributed by atoms with Crippen molar-refractivity contribution in [3.63, 3.8) is 0 Å². The van der Waals surface area contributed by atoms with Crippen molar-refractivity contribution in [3.05, 3.63) is 53.5 Å². The summed E-state index contributed by atoms with van der Waals surface area (Å²) in [7, 11) is 0. The molecular formula is C20H22F3NO2. The summed E-state index contributed by atoms with van der Waals surface area (Å²) >= 11 is 0. The van der Waals surface area contributed by atoms with E-state index in [1.54, 1.807) is 12.1 Å². The minimum Gasteiger partial charge on any atom is -0.461 e. The zero-order chi connectivity index (χ0) is 19.5. The first-order valence-corrected chi connectivity index (χ1v) is 8.45. The highest BCUT2D eigenvalue weighted by atomic mass is 19.4. The summed E-state index contributed by atoms with van der Waals surface area (Å²) in [6.07, 6.45) is -4.32. The number of hydrogen-bond donors (Lipinski definition) is 0. The van der Waals surface area contributed by atoms with E-state index in [2.05, 4.69) is 4.99 Å². The molecule has 6 heteroatoms. The molecule has 2 rings (SSSR count). The van der Waals surface area contributed by atoms with E-state index in [1.807, 2.05) is 33.8 Å². The number of carbonyl (C=O) groups is 1. The molecule has 0 aliphatic heterocycles. The molecule has 0 amide bonds. The van der Waals surface area contributed by atoms with Crippen LogP contribution in [0, 0.1) is 0 Å². The van der Waals surface area contributed by atoms with Gasteiger partial charge >= 0.3 is 6.18 Å². The van der Waals surface area contributed by atoms with E-state index < -0.39 is 24.1 Å². The lowest BCUT2D eigenvalue weighted by molar-refractivity contribution is -0.0601. The van der Waals surface area contributed by atoms with Gasteiger partial charge < -0.3 is 4.42 Å². The fraction of sp³-hybridized carbons (Fsp3) is 0.400. The lowest BCUT2D eigenvalue weighted by Gasteiger charge is -2.18. The summed E-state index contributed by atoms with van der Waals surface area (Å²) in [5.74, 6) is -0.854. The fourth-order valence-corrected chi connectivity index (χ4v) is 2.66. The van der Waals surface area contributed by atoms with Crippen LogP contribution in [0.2, 0.25) is 0 Å². The SMILES string of the molecule is CC(C)c1cccc(C(C)C)c1/N=C(\CC(=O)c1ccco1)C(F)(F)F. The summed E-state index contributed by atoms with van der Waals surface area (Å²) in [5.41, 5.74) is 0.637. The predicted molar refractivity (Wildman–Crippen MR) is 95.4 cm³/mol. The van der Waals surface area contributed by atoms with Crippen molar-refractivity contribution < 1.29 is 22.4 Å². The van der Waals surface area contributed by atoms with E-state index in [-0.39, 0.29) is 17.6 Å². The Kier molecular flexibility index (Phi) is 6.05. The Hall–Kier alpha value is -2.37. The van der Waals surface area contributed by atoms with Gasteiger partial charge in [-0.05, 0) is 35.1 Å². The van der Waals surface area contributed by atoms with Crippen molar-refractivity contribution in [2.24, 2.45) is 4.99 Å². The van der Waals surface area contributed by atoms with E-state index in [1.165, 1.54) is 18.4 Å². The molecule has 1 aromatic heterocycles. The van der Waals surface area contributed by atoms with E-state index in [4.69, 9.17) is 4.42 Å². The minimum atomic E-state index is -4.71. The third-order valence-electron chi connectivity index (χ3n) is 4.04. The fourth-order valence-electron chi connectivity index (χ4n) is 2.66. The molecule has 140 valence electrons. The quantitative estimate of drug-likeness (QED) is 0.437. The van der Waals surface area contributed by atoms with Crippen LogP contribution in [0.25, 0.3) is 0 Å². The topological polar surface area (TPSA) is 42.6 Å². The largest absolute Gasteiger partial charge is 0.461 e. The molecule has 1 heterocycles. The molecular weight excluding hydrogens is 343 g/mol. The third-order valence-corrected chi connectivity index (χ3v) is 4.04. The molecule has 2 aromatic rings. The first kappa shape index (κ1) is 19.9. The highest BCUT2D eigenvalue weighted by Gasteiger charge is 2.38. The monoisotopic (exact) mass is 365 g/mol. The zero-order valence-corrected chi connectivity index (χ0v) is 15.2. The number of furan rings is 1. The maximum absolute atomic E-state index is 13.6. The second kappa shape index (κ2) is 7.89. The number of para-hydroxylation sites is 1. The third kappa shape index (κ3) is 4.62. The number of rotatable bonds is 6. The van der Waals surface area contributed by atoms with E-state index >= 15 is 0 Å². The average molecular weight is 365 g/mol. The second-order valence-corrected chi connectivity index (χ2v) is 6.73. The molecule has 0 aliphatic rings. The molecule has 0 aliphatic carbocycles. The summed E-state index contributed by atoms with van der Waals surface area (Å²) in [6.45, 7) is 7.61.